The molecule has 0 bridgehead atoms. The monoisotopic (exact) mass is 388 g/mol. The summed E-state index contributed by atoms with van der Waals surface area (Å²) in [5, 5.41) is 4.06. The number of rotatable bonds is 6. The van der Waals surface area contributed by atoms with Gasteiger partial charge in [-0.25, -0.2) is 0 Å². The summed E-state index contributed by atoms with van der Waals surface area (Å²) in [5.74, 6) is 1.61. The molecule has 0 radical (unpaired) electrons. The molecule has 1 atom stereocenters. The molecule has 1 heterocycles. The predicted molar refractivity (Wildman–Crippen MR) is 107 cm³/mol. The first kappa shape index (κ1) is 19.5. The van der Waals surface area contributed by atoms with E-state index in [-0.39, 0.29) is 11.9 Å². The number of carbonyl (C=O) groups is 1. The van der Waals surface area contributed by atoms with Crippen molar-refractivity contribution in [2.45, 2.75) is 18.9 Å². The Morgan fingerprint density at radius 2 is 1.93 bits per heavy atom. The Bertz CT molecular complexity index is 774. The third kappa shape index (κ3) is 4.93. The first-order valence-corrected chi connectivity index (χ1v) is 9.46. The van der Waals surface area contributed by atoms with Crippen molar-refractivity contribution in [1.29, 1.82) is 0 Å². The van der Waals surface area contributed by atoms with Crippen molar-refractivity contribution in [3.05, 3.63) is 58.6 Å². The lowest BCUT2D eigenvalue weighted by Crippen LogP contribution is -2.48. The van der Waals surface area contributed by atoms with Crippen molar-refractivity contribution in [2.24, 2.45) is 0 Å². The summed E-state index contributed by atoms with van der Waals surface area (Å²) in [5.41, 5.74) is 2.08. The van der Waals surface area contributed by atoms with Gasteiger partial charge < -0.3 is 19.7 Å². The standard InChI is InChI=1S/C21H25ClN2O3/c1-26-18-10-15(11-19(13-18)27-2)6-7-21(25)24-9-8-23-14-20(24)16-4-3-5-17(22)12-16/h3-5,10-13,20,23H,6-9,14H2,1-2H3. The minimum atomic E-state index is 0.00444. The van der Waals surface area contributed by atoms with Gasteiger partial charge in [0.1, 0.15) is 11.5 Å². The molecule has 144 valence electrons. The zero-order valence-electron chi connectivity index (χ0n) is 15.7. The summed E-state index contributed by atoms with van der Waals surface area (Å²) in [7, 11) is 3.25. The number of aryl methyl sites for hydroxylation is 1. The van der Waals surface area contributed by atoms with Crippen molar-refractivity contribution in [1.82, 2.24) is 10.2 Å². The van der Waals surface area contributed by atoms with Crippen LogP contribution >= 0.6 is 11.6 Å². The van der Waals surface area contributed by atoms with E-state index in [4.69, 9.17) is 21.1 Å². The normalized spacial score (nSPS) is 16.9. The average Bonchev–Trinajstić information content (AvgIpc) is 2.71. The number of amides is 1. The van der Waals surface area contributed by atoms with E-state index in [1.54, 1.807) is 14.2 Å². The van der Waals surface area contributed by atoms with Gasteiger partial charge in [0.05, 0.1) is 20.3 Å². The highest BCUT2D eigenvalue weighted by Crippen LogP contribution is 2.27. The first-order valence-electron chi connectivity index (χ1n) is 9.08. The zero-order chi connectivity index (χ0) is 19.2. The fraction of sp³-hybridized carbons (Fsp3) is 0.381. The van der Waals surface area contributed by atoms with E-state index < -0.39 is 0 Å². The molecule has 2 aromatic rings. The average molecular weight is 389 g/mol. The topological polar surface area (TPSA) is 50.8 Å². The molecule has 1 aliphatic heterocycles. The third-order valence-electron chi connectivity index (χ3n) is 4.84. The van der Waals surface area contributed by atoms with Gasteiger partial charge in [0, 0.05) is 37.1 Å². The maximum Gasteiger partial charge on any atom is 0.223 e. The Labute approximate surface area is 165 Å². The number of benzene rings is 2. The minimum Gasteiger partial charge on any atom is -0.497 e. The highest BCUT2D eigenvalue weighted by molar-refractivity contribution is 6.30. The lowest BCUT2D eigenvalue weighted by Gasteiger charge is -2.36. The molecule has 3 rings (SSSR count). The van der Waals surface area contributed by atoms with E-state index in [1.807, 2.05) is 47.4 Å². The molecule has 1 fully saturated rings. The fourth-order valence-electron chi connectivity index (χ4n) is 3.42. The molecule has 27 heavy (non-hydrogen) atoms. The highest BCUT2D eigenvalue weighted by atomic mass is 35.5. The summed E-state index contributed by atoms with van der Waals surface area (Å²) in [4.78, 5) is 14.9. The number of methoxy groups -OCH3 is 2. The Morgan fingerprint density at radius 3 is 2.59 bits per heavy atom. The largest absolute Gasteiger partial charge is 0.497 e. The van der Waals surface area contributed by atoms with Gasteiger partial charge in [-0.1, -0.05) is 23.7 Å². The van der Waals surface area contributed by atoms with Crippen LogP contribution in [0.25, 0.3) is 0 Å². The van der Waals surface area contributed by atoms with E-state index in [0.717, 1.165) is 35.7 Å². The number of piperazine rings is 1. The Balaban J connectivity index is 1.70. The molecule has 0 spiro atoms. The van der Waals surface area contributed by atoms with E-state index in [9.17, 15) is 4.79 Å². The Kier molecular flexibility index (Phi) is 6.58. The summed E-state index contributed by atoms with van der Waals surface area (Å²) >= 11 is 6.14. The Hall–Kier alpha value is -2.24. The van der Waals surface area contributed by atoms with Gasteiger partial charge in [0.25, 0.3) is 0 Å². The number of nitrogens with zero attached hydrogens (tertiary/aromatic N) is 1. The van der Waals surface area contributed by atoms with Crippen LogP contribution in [-0.2, 0) is 11.2 Å². The molecule has 5 nitrogen and oxygen atoms in total. The summed E-state index contributed by atoms with van der Waals surface area (Å²) in [6, 6.07) is 13.5. The Morgan fingerprint density at radius 1 is 1.19 bits per heavy atom. The van der Waals surface area contributed by atoms with Gasteiger partial charge >= 0.3 is 0 Å². The summed E-state index contributed by atoms with van der Waals surface area (Å²) < 4.78 is 10.6. The van der Waals surface area contributed by atoms with Crippen molar-refractivity contribution >= 4 is 17.5 Å². The number of nitrogens with one attached hydrogen (secondary N) is 1. The SMILES string of the molecule is COc1cc(CCC(=O)N2CCNCC2c2cccc(Cl)c2)cc(OC)c1. The first-order chi connectivity index (χ1) is 13.1. The molecule has 1 aliphatic rings. The second-order valence-corrected chi connectivity index (χ2v) is 7.02. The minimum absolute atomic E-state index is 0.00444. The summed E-state index contributed by atoms with van der Waals surface area (Å²) in [6.07, 6.45) is 1.08. The van der Waals surface area contributed by atoms with E-state index in [0.29, 0.717) is 24.4 Å². The molecule has 0 saturated carbocycles. The molecule has 6 heteroatoms. The molecule has 2 aromatic carbocycles. The zero-order valence-corrected chi connectivity index (χ0v) is 16.5. The lowest BCUT2D eigenvalue weighted by molar-refractivity contribution is -0.134. The molecule has 0 aliphatic carbocycles. The van der Waals surface area contributed by atoms with Gasteiger partial charge in [-0.2, -0.15) is 0 Å². The van der Waals surface area contributed by atoms with Gasteiger partial charge in [-0.15, -0.1) is 0 Å². The number of ether oxygens (including phenoxy) is 2. The van der Waals surface area contributed by atoms with Crippen LogP contribution in [0.15, 0.2) is 42.5 Å². The quantitative estimate of drug-likeness (QED) is 0.823. The van der Waals surface area contributed by atoms with Crippen LogP contribution in [0, 0.1) is 0 Å². The lowest BCUT2D eigenvalue weighted by atomic mass is 10.0. The van der Waals surface area contributed by atoms with Crippen molar-refractivity contribution < 1.29 is 14.3 Å². The van der Waals surface area contributed by atoms with E-state index in [1.165, 1.54) is 0 Å². The highest BCUT2D eigenvalue weighted by Gasteiger charge is 2.27. The van der Waals surface area contributed by atoms with Crippen molar-refractivity contribution in [3.8, 4) is 11.5 Å². The van der Waals surface area contributed by atoms with Crippen LogP contribution in [0.4, 0.5) is 0 Å². The molecular formula is C21H25ClN2O3. The number of hydrogen-bond acceptors (Lipinski definition) is 4. The van der Waals surface area contributed by atoms with Gasteiger partial charge in [0.15, 0.2) is 0 Å². The molecular weight excluding hydrogens is 364 g/mol. The smallest absolute Gasteiger partial charge is 0.223 e. The third-order valence-corrected chi connectivity index (χ3v) is 5.07. The predicted octanol–water partition coefficient (Wildman–Crippen LogP) is 3.46. The van der Waals surface area contributed by atoms with Gasteiger partial charge in [0.2, 0.25) is 5.91 Å². The van der Waals surface area contributed by atoms with E-state index in [2.05, 4.69) is 5.32 Å². The van der Waals surface area contributed by atoms with Crippen molar-refractivity contribution in [3.63, 3.8) is 0 Å². The number of halogens is 1. The van der Waals surface area contributed by atoms with Crippen LogP contribution in [0.2, 0.25) is 5.02 Å². The molecule has 0 aromatic heterocycles. The number of carbonyl (C=O) groups excluding carboxylic acids is 1. The summed E-state index contributed by atoms with van der Waals surface area (Å²) in [6.45, 7) is 2.23. The second kappa shape index (κ2) is 9.11. The van der Waals surface area contributed by atoms with Crippen LogP contribution in [0.3, 0.4) is 0 Å². The van der Waals surface area contributed by atoms with Crippen LogP contribution < -0.4 is 14.8 Å². The fourth-order valence-corrected chi connectivity index (χ4v) is 3.62. The van der Waals surface area contributed by atoms with E-state index >= 15 is 0 Å². The van der Waals surface area contributed by atoms with Crippen LogP contribution in [0.5, 0.6) is 11.5 Å². The molecule has 1 amide bonds. The maximum atomic E-state index is 13.0. The van der Waals surface area contributed by atoms with Crippen LogP contribution in [0.1, 0.15) is 23.6 Å². The van der Waals surface area contributed by atoms with Gasteiger partial charge in [-0.3, -0.25) is 4.79 Å². The number of hydrogen-bond donors (Lipinski definition) is 1. The molecule has 1 saturated heterocycles. The maximum absolute atomic E-state index is 13.0. The van der Waals surface area contributed by atoms with Crippen LogP contribution in [-0.4, -0.2) is 44.7 Å². The van der Waals surface area contributed by atoms with Crippen molar-refractivity contribution in [2.75, 3.05) is 33.9 Å². The molecule has 1 unspecified atom stereocenters. The van der Waals surface area contributed by atoms with Gasteiger partial charge in [-0.05, 0) is 41.8 Å². The molecule has 1 N–H and O–H groups in total. The second-order valence-electron chi connectivity index (χ2n) is 6.58.